The number of Topliss-reactive ketones (excluding diaryl/α,β-unsaturated/α-hetero) is 1. The second-order valence-corrected chi connectivity index (χ2v) is 10.6. The van der Waals surface area contributed by atoms with Crippen molar-refractivity contribution in [2.75, 3.05) is 0 Å². The fraction of sp³-hybridized carbons (Fsp3) is 0.259. The first-order valence-electron chi connectivity index (χ1n) is 11.0. The van der Waals surface area contributed by atoms with Crippen LogP contribution in [-0.2, 0) is 5.41 Å². The van der Waals surface area contributed by atoms with Crippen LogP contribution in [0.25, 0.3) is 6.08 Å². The number of carbonyl (C=O) groups excluding carboxylic acids is 1. The normalized spacial score (nSPS) is 15.8. The van der Waals surface area contributed by atoms with Gasteiger partial charge in [0.25, 0.3) is 0 Å². The Morgan fingerprint density at radius 3 is 2.25 bits per heavy atom. The largest absolute Gasteiger partial charge is 0.399 e. The Bertz CT molecular complexity index is 1310. The Labute approximate surface area is 227 Å². The van der Waals surface area contributed by atoms with Crippen molar-refractivity contribution in [1.82, 2.24) is 4.98 Å². The highest BCUT2D eigenvalue weighted by Gasteiger charge is 2.46. The molecule has 0 aliphatic heterocycles. The summed E-state index contributed by atoms with van der Waals surface area (Å²) in [4.78, 5) is 17.2. The molecule has 0 amide bonds. The van der Waals surface area contributed by atoms with Gasteiger partial charge < -0.3 is 0 Å². The summed E-state index contributed by atoms with van der Waals surface area (Å²) in [5, 5.41) is 0.297. The van der Waals surface area contributed by atoms with Crippen molar-refractivity contribution in [2.24, 2.45) is 0 Å². The minimum atomic E-state index is -4.57. The number of alkyl halides is 3. The lowest BCUT2D eigenvalue weighted by Crippen LogP contribution is -2.19. The maximum absolute atomic E-state index is 13.8. The van der Waals surface area contributed by atoms with Crippen LogP contribution < -0.4 is 0 Å². The second-order valence-electron chi connectivity index (χ2n) is 9.00. The molecule has 1 fully saturated rings. The summed E-state index contributed by atoms with van der Waals surface area (Å²) < 4.78 is 41.5. The predicted molar refractivity (Wildman–Crippen MR) is 140 cm³/mol. The molecule has 0 N–H and O–H groups in total. The van der Waals surface area contributed by atoms with Crippen LogP contribution in [0.2, 0.25) is 20.2 Å². The molecule has 1 saturated carbocycles. The van der Waals surface area contributed by atoms with Crippen molar-refractivity contribution < 1.29 is 18.0 Å². The third-order valence-electron chi connectivity index (χ3n) is 6.44. The van der Waals surface area contributed by atoms with E-state index in [1.807, 2.05) is 6.07 Å². The number of carbonyl (C=O) groups is 1. The van der Waals surface area contributed by atoms with Crippen molar-refractivity contribution in [3.8, 4) is 0 Å². The maximum Gasteiger partial charge on any atom is 0.399 e. The Hall–Kier alpha value is -2.05. The Balaban J connectivity index is 1.54. The van der Waals surface area contributed by atoms with Crippen LogP contribution in [-0.4, -0.2) is 16.9 Å². The zero-order valence-electron chi connectivity index (χ0n) is 19.0. The third kappa shape index (κ3) is 5.91. The molecule has 3 aromatic rings. The highest BCUT2D eigenvalue weighted by atomic mass is 35.5. The topological polar surface area (TPSA) is 30.0 Å². The van der Waals surface area contributed by atoms with E-state index in [4.69, 9.17) is 46.4 Å². The zero-order chi connectivity index (χ0) is 26.3. The van der Waals surface area contributed by atoms with E-state index in [9.17, 15) is 18.0 Å². The lowest BCUT2D eigenvalue weighted by Gasteiger charge is -2.18. The minimum Gasteiger partial charge on any atom is -0.294 e. The molecule has 0 bridgehead atoms. The van der Waals surface area contributed by atoms with Crippen molar-refractivity contribution >= 4 is 58.3 Å². The number of rotatable bonds is 7. The van der Waals surface area contributed by atoms with Gasteiger partial charge in [0.2, 0.25) is 0 Å². The van der Waals surface area contributed by atoms with Gasteiger partial charge in [-0.3, -0.25) is 4.79 Å². The van der Waals surface area contributed by atoms with Crippen LogP contribution >= 0.6 is 46.4 Å². The summed E-state index contributed by atoms with van der Waals surface area (Å²) in [6, 6.07) is 10.9. The van der Waals surface area contributed by atoms with E-state index in [2.05, 4.69) is 4.98 Å². The molecule has 188 valence electrons. The molecular formula is C27H20Cl4F3NO. The Morgan fingerprint density at radius 2 is 1.72 bits per heavy atom. The van der Waals surface area contributed by atoms with Gasteiger partial charge in [0, 0.05) is 23.6 Å². The lowest BCUT2D eigenvalue weighted by atomic mass is 9.88. The minimum absolute atomic E-state index is 0.00294. The molecule has 36 heavy (non-hydrogen) atoms. The first-order chi connectivity index (χ1) is 16.9. The average molecular weight is 573 g/mol. The van der Waals surface area contributed by atoms with Crippen molar-refractivity contribution in [1.29, 1.82) is 0 Å². The number of aromatic nitrogens is 1. The van der Waals surface area contributed by atoms with Gasteiger partial charge in [-0.25, -0.2) is 4.98 Å². The van der Waals surface area contributed by atoms with Crippen LogP contribution in [0.5, 0.6) is 0 Å². The maximum atomic E-state index is 13.8. The lowest BCUT2D eigenvalue weighted by molar-refractivity contribution is -0.139. The highest BCUT2D eigenvalue weighted by molar-refractivity contribution is 6.48. The Kier molecular flexibility index (Phi) is 7.78. The number of hydrogen-bond donors (Lipinski definition) is 0. The van der Waals surface area contributed by atoms with E-state index in [1.165, 1.54) is 6.08 Å². The number of halogens is 7. The van der Waals surface area contributed by atoms with Crippen molar-refractivity contribution in [3.05, 3.63) is 103 Å². The van der Waals surface area contributed by atoms with Gasteiger partial charge in [-0.15, -0.1) is 0 Å². The van der Waals surface area contributed by atoms with Crippen molar-refractivity contribution in [2.45, 2.75) is 43.7 Å². The molecule has 1 aliphatic rings. The van der Waals surface area contributed by atoms with Crippen LogP contribution in [0.4, 0.5) is 13.2 Å². The van der Waals surface area contributed by atoms with Crippen LogP contribution in [0.3, 0.4) is 0 Å². The number of nitrogens with zero attached hydrogens (tertiary/aromatic N) is 1. The molecule has 2 nitrogen and oxygen atoms in total. The fourth-order valence-corrected chi connectivity index (χ4v) is 5.01. The summed E-state index contributed by atoms with van der Waals surface area (Å²) in [7, 11) is 0. The summed E-state index contributed by atoms with van der Waals surface area (Å²) in [5.74, 6) is -1.96. The number of benzene rings is 2. The molecule has 9 heteroatoms. The van der Waals surface area contributed by atoms with E-state index < -0.39 is 12.1 Å². The molecule has 1 atom stereocenters. The summed E-state index contributed by atoms with van der Waals surface area (Å²) in [5.41, 5.74) is 2.40. The van der Waals surface area contributed by atoms with E-state index in [0.717, 1.165) is 36.6 Å². The summed E-state index contributed by atoms with van der Waals surface area (Å²) in [6.45, 7) is 1.77. The molecule has 0 saturated heterocycles. The molecule has 1 aromatic heterocycles. The fourth-order valence-electron chi connectivity index (χ4n) is 4.29. The van der Waals surface area contributed by atoms with Crippen LogP contribution in [0.15, 0.2) is 54.7 Å². The molecule has 0 radical (unpaired) electrons. The second kappa shape index (κ2) is 10.4. The zero-order valence-corrected chi connectivity index (χ0v) is 22.0. The predicted octanol–water partition coefficient (Wildman–Crippen LogP) is 9.67. The quantitative estimate of drug-likeness (QED) is 0.160. The summed E-state index contributed by atoms with van der Waals surface area (Å²) in [6.07, 6.45) is 1.66. The highest BCUT2D eigenvalue weighted by Crippen LogP contribution is 2.51. The van der Waals surface area contributed by atoms with Crippen LogP contribution in [0, 0.1) is 6.92 Å². The molecule has 2 aromatic carbocycles. The monoisotopic (exact) mass is 571 g/mol. The standard InChI is InChI=1S/C27H20Cl4F3NO/c1-15-10-16(3-6-20(27(32,33)34)17-11-21(28)25(31)22(29)12-17)2-5-19(15)23(36)13-26(8-9-26)18-4-7-24(30)35-14-18/h2-7,10-12,14,20H,8-9,13H2,1H3/b6-3+. The molecule has 1 aliphatic carbocycles. The summed E-state index contributed by atoms with van der Waals surface area (Å²) >= 11 is 23.7. The third-order valence-corrected chi connectivity index (χ3v) is 7.86. The molecular weight excluding hydrogens is 553 g/mol. The molecule has 1 unspecified atom stereocenters. The first kappa shape index (κ1) is 27.0. The van der Waals surface area contributed by atoms with Crippen LogP contribution in [0.1, 0.15) is 57.8 Å². The van der Waals surface area contributed by atoms with E-state index >= 15 is 0 Å². The van der Waals surface area contributed by atoms with E-state index in [-0.39, 0.29) is 31.8 Å². The number of aryl methyl sites for hydroxylation is 1. The van der Waals surface area contributed by atoms with Gasteiger partial charge in [0.1, 0.15) is 5.15 Å². The van der Waals surface area contributed by atoms with Gasteiger partial charge >= 0.3 is 6.18 Å². The van der Waals surface area contributed by atoms with E-state index in [1.54, 1.807) is 37.4 Å². The first-order valence-corrected chi connectivity index (χ1v) is 12.6. The van der Waals surface area contributed by atoms with Gasteiger partial charge in [0.05, 0.1) is 21.0 Å². The number of hydrogen-bond acceptors (Lipinski definition) is 2. The average Bonchev–Trinajstić information content (AvgIpc) is 3.57. The van der Waals surface area contributed by atoms with Crippen molar-refractivity contribution in [3.63, 3.8) is 0 Å². The Morgan fingerprint density at radius 1 is 1.06 bits per heavy atom. The van der Waals surface area contributed by atoms with E-state index in [0.29, 0.717) is 28.3 Å². The van der Waals surface area contributed by atoms with Gasteiger partial charge in [0.15, 0.2) is 5.78 Å². The van der Waals surface area contributed by atoms with Gasteiger partial charge in [-0.05, 0) is 60.2 Å². The number of allylic oxidation sites excluding steroid dienone is 1. The van der Waals surface area contributed by atoms with Gasteiger partial charge in [-0.1, -0.05) is 82.8 Å². The number of ketones is 1. The molecule has 1 heterocycles. The molecule has 4 rings (SSSR count). The number of pyridine rings is 1. The van der Waals surface area contributed by atoms with Gasteiger partial charge in [-0.2, -0.15) is 13.2 Å². The smallest absolute Gasteiger partial charge is 0.294 e. The SMILES string of the molecule is Cc1cc(/C=C/C(c2cc(Cl)c(Cl)c(Cl)c2)C(F)(F)F)ccc1C(=O)CC1(c2ccc(Cl)nc2)CC1. The molecule has 0 spiro atoms.